The average molecular weight is 221 g/mol. The van der Waals surface area contributed by atoms with Crippen molar-refractivity contribution in [3.8, 4) is 0 Å². The first-order valence-electron chi connectivity index (χ1n) is 4.47. The lowest BCUT2D eigenvalue weighted by atomic mass is 10.4. The third-order valence-electron chi connectivity index (χ3n) is 1.78. The molecule has 15 heavy (non-hydrogen) atoms. The molecule has 78 valence electrons. The topological polar surface area (TPSA) is 76.7 Å². The maximum absolute atomic E-state index is 5.53. The van der Waals surface area contributed by atoms with Gasteiger partial charge in [0, 0.05) is 23.3 Å². The van der Waals surface area contributed by atoms with E-state index in [4.69, 9.17) is 5.73 Å². The molecule has 2 heterocycles. The van der Waals surface area contributed by atoms with Gasteiger partial charge in [0.25, 0.3) is 0 Å². The van der Waals surface area contributed by atoms with Crippen molar-refractivity contribution in [3.05, 3.63) is 28.3 Å². The molecule has 0 saturated heterocycles. The van der Waals surface area contributed by atoms with E-state index in [1.807, 2.05) is 18.4 Å². The number of aromatic nitrogens is 3. The summed E-state index contributed by atoms with van der Waals surface area (Å²) in [5.74, 6) is 1.02. The van der Waals surface area contributed by atoms with Gasteiger partial charge in [-0.15, -0.1) is 11.3 Å². The van der Waals surface area contributed by atoms with Crippen molar-refractivity contribution in [1.82, 2.24) is 15.0 Å². The number of hydrogen-bond acceptors (Lipinski definition) is 6. The van der Waals surface area contributed by atoms with E-state index in [9.17, 15) is 0 Å². The molecule has 0 aliphatic carbocycles. The van der Waals surface area contributed by atoms with E-state index in [1.165, 1.54) is 0 Å². The summed E-state index contributed by atoms with van der Waals surface area (Å²) in [6.45, 7) is 2.54. The summed E-state index contributed by atoms with van der Waals surface area (Å²) < 4.78 is 0. The number of hydrogen-bond donors (Lipinski definition) is 2. The lowest BCUT2D eigenvalue weighted by Gasteiger charge is -2.04. The summed E-state index contributed by atoms with van der Waals surface area (Å²) in [5.41, 5.74) is 6.38. The van der Waals surface area contributed by atoms with Crippen LogP contribution in [0.5, 0.6) is 0 Å². The molecular formula is C9H11N5S. The molecule has 6 heteroatoms. The van der Waals surface area contributed by atoms with E-state index in [0.29, 0.717) is 6.54 Å². The molecule has 0 aliphatic rings. The van der Waals surface area contributed by atoms with E-state index in [0.717, 1.165) is 16.5 Å². The smallest absolute Gasteiger partial charge is 0.222 e. The van der Waals surface area contributed by atoms with E-state index >= 15 is 0 Å². The molecular weight excluding hydrogens is 210 g/mol. The van der Waals surface area contributed by atoms with Gasteiger partial charge in [-0.3, -0.25) is 0 Å². The summed E-state index contributed by atoms with van der Waals surface area (Å²) in [7, 11) is 0. The van der Waals surface area contributed by atoms with E-state index < -0.39 is 0 Å². The maximum atomic E-state index is 5.53. The molecule has 0 aromatic carbocycles. The molecule has 2 aromatic rings. The van der Waals surface area contributed by atoms with Crippen LogP contribution in [0.2, 0.25) is 0 Å². The lowest BCUT2D eigenvalue weighted by molar-refractivity contribution is 1.05. The van der Waals surface area contributed by atoms with Crippen LogP contribution in [0.4, 0.5) is 11.8 Å². The largest absolute Gasteiger partial charge is 0.368 e. The Labute approximate surface area is 91.4 Å². The Morgan fingerprint density at radius 3 is 3.00 bits per heavy atom. The van der Waals surface area contributed by atoms with Crippen molar-refractivity contribution in [1.29, 1.82) is 0 Å². The number of nitrogens with zero attached hydrogens (tertiary/aromatic N) is 3. The minimum absolute atomic E-state index is 0.289. The van der Waals surface area contributed by atoms with Gasteiger partial charge in [0.15, 0.2) is 0 Å². The van der Waals surface area contributed by atoms with Crippen molar-refractivity contribution < 1.29 is 0 Å². The number of thiazole rings is 1. The van der Waals surface area contributed by atoms with E-state index in [2.05, 4.69) is 20.3 Å². The summed E-state index contributed by atoms with van der Waals surface area (Å²) in [5, 5.41) is 6.10. The summed E-state index contributed by atoms with van der Waals surface area (Å²) in [6.07, 6.45) is 1.78. The Morgan fingerprint density at radius 2 is 2.33 bits per heavy atom. The normalized spacial score (nSPS) is 10.2. The van der Waals surface area contributed by atoms with Gasteiger partial charge in [-0.1, -0.05) is 0 Å². The fraction of sp³-hybridized carbons (Fsp3) is 0.222. The first-order chi connectivity index (χ1) is 7.24. The monoisotopic (exact) mass is 221 g/mol. The lowest BCUT2D eigenvalue weighted by Crippen LogP contribution is -2.04. The van der Waals surface area contributed by atoms with Crippen molar-refractivity contribution in [2.75, 3.05) is 11.1 Å². The molecule has 2 rings (SSSR count). The number of aryl methyl sites for hydroxylation is 1. The minimum Gasteiger partial charge on any atom is -0.368 e. The molecule has 0 atom stereocenters. The zero-order valence-electron chi connectivity index (χ0n) is 8.27. The van der Waals surface area contributed by atoms with Crippen LogP contribution >= 0.6 is 11.3 Å². The number of nitrogens with two attached hydrogens (primary N) is 1. The van der Waals surface area contributed by atoms with Gasteiger partial charge in [-0.25, -0.2) is 9.97 Å². The SMILES string of the molecule is Cc1cc(NCc2nccs2)nc(N)n1. The Bertz CT molecular complexity index is 420. The molecule has 0 bridgehead atoms. The second kappa shape index (κ2) is 4.22. The summed E-state index contributed by atoms with van der Waals surface area (Å²) >= 11 is 1.60. The maximum Gasteiger partial charge on any atom is 0.222 e. The fourth-order valence-corrected chi connectivity index (χ4v) is 1.74. The predicted molar refractivity (Wildman–Crippen MR) is 60.6 cm³/mol. The van der Waals surface area contributed by atoms with Crippen LogP contribution in [0.25, 0.3) is 0 Å². The molecule has 0 amide bonds. The first kappa shape index (κ1) is 9.85. The molecule has 3 N–H and O–H groups in total. The van der Waals surface area contributed by atoms with E-state index in [-0.39, 0.29) is 5.95 Å². The highest BCUT2D eigenvalue weighted by Crippen LogP contribution is 2.10. The van der Waals surface area contributed by atoms with Crippen LogP contribution in [0, 0.1) is 6.92 Å². The highest BCUT2D eigenvalue weighted by Gasteiger charge is 2.00. The number of nitrogen functional groups attached to an aromatic ring is 1. The molecule has 0 aliphatic heterocycles. The van der Waals surface area contributed by atoms with Gasteiger partial charge < -0.3 is 11.1 Å². The standard InChI is InChI=1S/C9H11N5S/c1-6-4-7(14-9(10)13-6)12-5-8-11-2-3-15-8/h2-4H,5H2,1H3,(H3,10,12,13,14). The van der Waals surface area contributed by atoms with Gasteiger partial charge in [0.1, 0.15) is 10.8 Å². The number of anilines is 2. The van der Waals surface area contributed by atoms with Gasteiger partial charge in [0.05, 0.1) is 6.54 Å². The van der Waals surface area contributed by atoms with Gasteiger partial charge in [-0.05, 0) is 6.92 Å². The van der Waals surface area contributed by atoms with Crippen LogP contribution in [0.3, 0.4) is 0 Å². The molecule has 2 aromatic heterocycles. The molecule has 0 fully saturated rings. The zero-order valence-corrected chi connectivity index (χ0v) is 9.08. The van der Waals surface area contributed by atoms with Crippen LogP contribution in [0.15, 0.2) is 17.6 Å². The predicted octanol–water partition coefficient (Wildman–Crippen LogP) is 1.44. The quantitative estimate of drug-likeness (QED) is 0.820. The third-order valence-corrected chi connectivity index (χ3v) is 2.56. The highest BCUT2D eigenvalue weighted by atomic mass is 32.1. The molecule has 0 spiro atoms. The Morgan fingerprint density at radius 1 is 1.47 bits per heavy atom. The minimum atomic E-state index is 0.289. The Hall–Kier alpha value is -1.69. The fourth-order valence-electron chi connectivity index (χ4n) is 1.19. The van der Waals surface area contributed by atoms with Gasteiger partial charge in [0.2, 0.25) is 5.95 Å². The molecule has 0 unspecified atom stereocenters. The average Bonchev–Trinajstić information content (AvgIpc) is 2.65. The third kappa shape index (κ3) is 2.63. The van der Waals surface area contributed by atoms with Crippen LogP contribution in [0.1, 0.15) is 10.7 Å². The van der Waals surface area contributed by atoms with Crippen LogP contribution < -0.4 is 11.1 Å². The molecule has 5 nitrogen and oxygen atoms in total. The van der Waals surface area contributed by atoms with Crippen molar-refractivity contribution in [2.24, 2.45) is 0 Å². The van der Waals surface area contributed by atoms with E-state index in [1.54, 1.807) is 17.5 Å². The Kier molecular flexibility index (Phi) is 2.77. The molecule has 0 radical (unpaired) electrons. The van der Waals surface area contributed by atoms with Crippen molar-refractivity contribution >= 4 is 23.1 Å². The van der Waals surface area contributed by atoms with Crippen LogP contribution in [-0.2, 0) is 6.54 Å². The van der Waals surface area contributed by atoms with Gasteiger partial charge in [-0.2, -0.15) is 4.98 Å². The van der Waals surface area contributed by atoms with Crippen molar-refractivity contribution in [2.45, 2.75) is 13.5 Å². The van der Waals surface area contributed by atoms with Crippen LogP contribution in [-0.4, -0.2) is 15.0 Å². The second-order valence-electron chi connectivity index (χ2n) is 3.03. The van der Waals surface area contributed by atoms with Crippen molar-refractivity contribution in [3.63, 3.8) is 0 Å². The summed E-state index contributed by atoms with van der Waals surface area (Å²) in [6, 6.07) is 1.85. The summed E-state index contributed by atoms with van der Waals surface area (Å²) in [4.78, 5) is 12.2. The number of rotatable bonds is 3. The molecule has 0 saturated carbocycles. The first-order valence-corrected chi connectivity index (χ1v) is 5.35. The zero-order chi connectivity index (χ0) is 10.7. The van der Waals surface area contributed by atoms with Gasteiger partial charge >= 0.3 is 0 Å². The highest BCUT2D eigenvalue weighted by molar-refractivity contribution is 7.09. The Balaban J connectivity index is 2.05. The number of nitrogens with one attached hydrogen (secondary N) is 1. The second-order valence-corrected chi connectivity index (χ2v) is 4.01.